The van der Waals surface area contributed by atoms with Crippen molar-refractivity contribution in [3.8, 4) is 17.1 Å². The predicted molar refractivity (Wildman–Crippen MR) is 160 cm³/mol. The lowest BCUT2D eigenvalue weighted by atomic mass is 10.1. The highest BCUT2D eigenvalue weighted by atomic mass is 35.5. The quantitative estimate of drug-likeness (QED) is 0.301. The predicted octanol–water partition coefficient (Wildman–Crippen LogP) is 5.60. The third-order valence-corrected chi connectivity index (χ3v) is 7.32. The Bertz CT molecular complexity index is 1720. The number of hydrogen-bond donors (Lipinski definition) is 0. The number of pyridine rings is 1. The van der Waals surface area contributed by atoms with Gasteiger partial charge in [0.1, 0.15) is 29.4 Å². The van der Waals surface area contributed by atoms with Crippen molar-refractivity contribution in [3.63, 3.8) is 0 Å². The molecule has 0 aliphatic carbocycles. The van der Waals surface area contributed by atoms with Crippen LogP contribution in [0.3, 0.4) is 0 Å². The van der Waals surface area contributed by atoms with Crippen molar-refractivity contribution in [2.45, 2.75) is 59.1 Å². The summed E-state index contributed by atoms with van der Waals surface area (Å²) in [5.41, 5.74) is 0.125. The lowest BCUT2D eigenvalue weighted by Crippen LogP contribution is -2.55. The number of anilines is 1. The summed E-state index contributed by atoms with van der Waals surface area (Å²) < 4.78 is 21.8. The van der Waals surface area contributed by atoms with Gasteiger partial charge in [0.25, 0.3) is 0 Å². The molecule has 1 aromatic carbocycles. The maximum Gasteiger partial charge on any atom is 0.410 e. The third kappa shape index (κ3) is 5.65. The van der Waals surface area contributed by atoms with Crippen LogP contribution in [0.1, 0.15) is 53.0 Å². The van der Waals surface area contributed by atoms with Crippen LogP contribution in [-0.2, 0) is 4.74 Å². The summed E-state index contributed by atoms with van der Waals surface area (Å²) in [7, 11) is 0. The fourth-order valence-electron chi connectivity index (χ4n) is 5.05. The molecule has 0 spiro atoms. The number of fused-ring (bicyclic) bond motifs is 1. The monoisotopic (exact) mass is 593 g/mol. The van der Waals surface area contributed by atoms with Crippen molar-refractivity contribution in [2.75, 3.05) is 24.5 Å². The molecular weight excluding hydrogens is 561 g/mol. The number of carbonyl (C=O) groups excluding carboxylic acids is 1. The molecule has 5 rings (SSSR count). The average Bonchev–Trinajstić information content (AvgIpc) is 2.92. The second-order valence-electron chi connectivity index (χ2n) is 11.6. The number of halogens is 2. The van der Waals surface area contributed by atoms with Crippen LogP contribution in [0.2, 0.25) is 5.02 Å². The minimum atomic E-state index is -0.617. The van der Waals surface area contributed by atoms with E-state index in [4.69, 9.17) is 21.3 Å². The van der Waals surface area contributed by atoms with Crippen molar-refractivity contribution in [2.24, 2.45) is 0 Å². The number of rotatable bonds is 4. The number of amides is 1. The van der Waals surface area contributed by atoms with Crippen LogP contribution < -0.4 is 10.6 Å². The van der Waals surface area contributed by atoms with Crippen LogP contribution in [0.15, 0.2) is 47.7 Å². The first-order chi connectivity index (χ1) is 19.9. The topological polar surface area (TPSA) is 106 Å². The molecule has 3 aromatic heterocycles. The molecule has 1 atom stereocenters. The SMILES string of the molecule is CC(C)c1cncnc1-n1c(=O)nc(N2CCN(C(=O)OC(C)(C)C)C[C@@H]2C)c2cc(Cl)c(-c3ccccc3F)nc21. The van der Waals surface area contributed by atoms with Crippen molar-refractivity contribution in [1.82, 2.24) is 29.4 Å². The van der Waals surface area contributed by atoms with Crippen LogP contribution in [0.25, 0.3) is 28.1 Å². The molecule has 12 heteroatoms. The molecule has 0 bridgehead atoms. The molecule has 1 saturated heterocycles. The highest BCUT2D eigenvalue weighted by molar-refractivity contribution is 6.33. The molecule has 0 N–H and O–H groups in total. The Morgan fingerprint density at radius 1 is 1.14 bits per heavy atom. The van der Waals surface area contributed by atoms with Crippen LogP contribution in [0, 0.1) is 5.82 Å². The largest absolute Gasteiger partial charge is 0.444 e. The lowest BCUT2D eigenvalue weighted by Gasteiger charge is -2.41. The van der Waals surface area contributed by atoms with E-state index in [1.807, 2.05) is 46.4 Å². The van der Waals surface area contributed by atoms with Gasteiger partial charge in [-0.05, 0) is 51.8 Å². The van der Waals surface area contributed by atoms with Gasteiger partial charge in [-0.25, -0.2) is 33.5 Å². The van der Waals surface area contributed by atoms with Gasteiger partial charge < -0.3 is 14.5 Å². The Balaban J connectivity index is 1.69. The molecule has 1 aliphatic heterocycles. The molecule has 10 nitrogen and oxygen atoms in total. The molecule has 1 fully saturated rings. The van der Waals surface area contributed by atoms with Crippen LogP contribution in [-0.4, -0.2) is 66.8 Å². The molecule has 1 aliphatic rings. The first kappa shape index (κ1) is 29.4. The summed E-state index contributed by atoms with van der Waals surface area (Å²) in [4.78, 5) is 48.1. The van der Waals surface area contributed by atoms with E-state index in [0.29, 0.717) is 36.7 Å². The van der Waals surface area contributed by atoms with E-state index in [1.165, 1.54) is 17.0 Å². The highest BCUT2D eigenvalue weighted by Crippen LogP contribution is 2.35. The zero-order valence-corrected chi connectivity index (χ0v) is 25.2. The summed E-state index contributed by atoms with van der Waals surface area (Å²) in [5, 5.41) is 0.693. The van der Waals surface area contributed by atoms with E-state index in [2.05, 4.69) is 15.0 Å². The third-order valence-electron chi connectivity index (χ3n) is 7.03. The molecule has 4 heterocycles. The number of ether oxygens (including phenoxy) is 1. The molecule has 0 saturated carbocycles. The van der Waals surface area contributed by atoms with E-state index in [-0.39, 0.29) is 33.9 Å². The Hall–Kier alpha value is -4.12. The van der Waals surface area contributed by atoms with Gasteiger partial charge in [-0.1, -0.05) is 37.6 Å². The standard InChI is InChI=1S/C30H33ClFN7O3/c1-17(2)21-14-33-16-34-25(21)39-27-20(13-22(31)24(35-27)19-9-7-8-10-23(19)32)26(36-28(39)40)38-12-11-37(15-18(38)3)29(41)42-30(4,5)6/h7-10,13-14,16-18H,11-12,15H2,1-6H3/t18-/m0/s1. The van der Waals surface area contributed by atoms with Gasteiger partial charge in [0.15, 0.2) is 5.65 Å². The first-order valence-corrected chi connectivity index (χ1v) is 14.2. The van der Waals surface area contributed by atoms with Gasteiger partial charge in [-0.2, -0.15) is 4.98 Å². The molecule has 42 heavy (non-hydrogen) atoms. The smallest absolute Gasteiger partial charge is 0.410 e. The fourth-order valence-corrected chi connectivity index (χ4v) is 5.30. The zero-order valence-electron chi connectivity index (χ0n) is 24.4. The van der Waals surface area contributed by atoms with Crippen molar-refractivity contribution in [1.29, 1.82) is 0 Å². The Morgan fingerprint density at radius 3 is 2.55 bits per heavy atom. The minimum Gasteiger partial charge on any atom is -0.444 e. The van der Waals surface area contributed by atoms with Gasteiger partial charge in [0.2, 0.25) is 0 Å². The van der Waals surface area contributed by atoms with Crippen molar-refractivity contribution in [3.05, 3.63) is 69.7 Å². The highest BCUT2D eigenvalue weighted by Gasteiger charge is 2.32. The normalized spacial score (nSPS) is 15.9. The maximum atomic E-state index is 14.9. The number of piperazine rings is 1. The summed E-state index contributed by atoms with van der Waals surface area (Å²) in [6, 6.07) is 7.64. The van der Waals surface area contributed by atoms with E-state index in [1.54, 1.807) is 35.4 Å². The average molecular weight is 594 g/mol. The van der Waals surface area contributed by atoms with Gasteiger partial charge in [0, 0.05) is 43.0 Å². The van der Waals surface area contributed by atoms with E-state index in [9.17, 15) is 14.0 Å². The summed E-state index contributed by atoms with van der Waals surface area (Å²) in [5.74, 6) is 0.205. The van der Waals surface area contributed by atoms with Crippen molar-refractivity contribution < 1.29 is 13.9 Å². The summed E-state index contributed by atoms with van der Waals surface area (Å²) in [6.07, 6.45) is 2.62. The second-order valence-corrected chi connectivity index (χ2v) is 12.1. The second kappa shape index (κ2) is 11.3. The Labute approximate surface area is 248 Å². The van der Waals surface area contributed by atoms with E-state index < -0.39 is 23.2 Å². The van der Waals surface area contributed by atoms with Crippen LogP contribution in [0.4, 0.5) is 15.0 Å². The molecule has 0 unspecified atom stereocenters. The van der Waals surface area contributed by atoms with E-state index in [0.717, 1.165) is 5.56 Å². The van der Waals surface area contributed by atoms with Gasteiger partial charge in [-0.15, -0.1) is 0 Å². The number of carbonyl (C=O) groups is 1. The molecule has 4 aromatic rings. The number of hydrogen-bond acceptors (Lipinski definition) is 8. The zero-order chi connectivity index (χ0) is 30.3. The molecular formula is C30H33ClFN7O3. The maximum absolute atomic E-state index is 14.9. The lowest BCUT2D eigenvalue weighted by molar-refractivity contribution is 0.0218. The van der Waals surface area contributed by atoms with Crippen LogP contribution >= 0.6 is 11.6 Å². The van der Waals surface area contributed by atoms with E-state index >= 15 is 0 Å². The Kier molecular flexibility index (Phi) is 7.89. The number of nitrogens with zero attached hydrogens (tertiary/aromatic N) is 7. The first-order valence-electron chi connectivity index (χ1n) is 13.8. The summed E-state index contributed by atoms with van der Waals surface area (Å²) >= 11 is 6.75. The molecule has 0 radical (unpaired) electrons. The molecule has 1 amide bonds. The van der Waals surface area contributed by atoms with Crippen molar-refractivity contribution >= 4 is 34.5 Å². The van der Waals surface area contributed by atoms with Gasteiger partial charge in [0.05, 0.1) is 16.1 Å². The summed E-state index contributed by atoms with van der Waals surface area (Å²) in [6.45, 7) is 12.5. The van der Waals surface area contributed by atoms with Gasteiger partial charge in [-0.3, -0.25) is 0 Å². The number of aromatic nitrogens is 5. The Morgan fingerprint density at radius 2 is 1.88 bits per heavy atom. The minimum absolute atomic E-state index is 0.0119. The number of benzene rings is 1. The van der Waals surface area contributed by atoms with Crippen LogP contribution in [0.5, 0.6) is 0 Å². The van der Waals surface area contributed by atoms with Gasteiger partial charge >= 0.3 is 11.8 Å². The molecule has 220 valence electrons. The fraction of sp³-hybridized carbons (Fsp3) is 0.400.